The van der Waals surface area contributed by atoms with Crippen molar-refractivity contribution in [2.45, 2.75) is 31.7 Å². The summed E-state index contributed by atoms with van der Waals surface area (Å²) in [6.07, 6.45) is 8.48. The van der Waals surface area contributed by atoms with Crippen molar-refractivity contribution in [3.63, 3.8) is 0 Å². The summed E-state index contributed by atoms with van der Waals surface area (Å²) in [6, 6.07) is 0.712. The Balaban J connectivity index is 1.63. The Hall–Kier alpha value is -0.830. The van der Waals surface area contributed by atoms with Crippen molar-refractivity contribution in [1.82, 2.24) is 10.2 Å². The molecule has 3 nitrogen and oxygen atoms in total. The summed E-state index contributed by atoms with van der Waals surface area (Å²) in [5, 5.41) is 3.36. The van der Waals surface area contributed by atoms with Crippen molar-refractivity contribution in [3.8, 4) is 0 Å². The summed E-state index contributed by atoms with van der Waals surface area (Å²) in [4.78, 5) is 13.6. The first kappa shape index (κ1) is 9.71. The molecule has 0 aromatic rings. The second kappa shape index (κ2) is 4.60. The number of hydrogen-bond donors (Lipinski definition) is 1. The van der Waals surface area contributed by atoms with E-state index in [0.717, 1.165) is 26.1 Å². The normalized spacial score (nSPS) is 21.3. The Kier molecular flexibility index (Phi) is 3.19. The maximum Gasteiger partial charge on any atom is 0.224 e. The van der Waals surface area contributed by atoms with E-state index in [1.54, 1.807) is 0 Å². The average Bonchev–Trinajstić information content (AvgIpc) is 3.03. The average molecular weight is 194 g/mol. The largest absolute Gasteiger partial charge is 0.339 e. The van der Waals surface area contributed by atoms with E-state index in [1.807, 2.05) is 4.90 Å². The number of nitrogens with zero attached hydrogens (tertiary/aromatic N) is 1. The van der Waals surface area contributed by atoms with Crippen molar-refractivity contribution < 1.29 is 4.79 Å². The molecule has 2 aliphatic rings. The molecule has 1 fully saturated rings. The molecular weight excluding hydrogens is 176 g/mol. The van der Waals surface area contributed by atoms with E-state index >= 15 is 0 Å². The van der Waals surface area contributed by atoms with Crippen LogP contribution < -0.4 is 5.32 Å². The van der Waals surface area contributed by atoms with Crippen LogP contribution >= 0.6 is 0 Å². The summed E-state index contributed by atoms with van der Waals surface area (Å²) >= 11 is 0. The molecule has 1 saturated carbocycles. The van der Waals surface area contributed by atoms with E-state index in [1.165, 1.54) is 12.8 Å². The van der Waals surface area contributed by atoms with Crippen LogP contribution in [0.25, 0.3) is 0 Å². The molecule has 0 spiro atoms. The van der Waals surface area contributed by atoms with Crippen molar-refractivity contribution in [2.24, 2.45) is 0 Å². The molecule has 0 saturated heterocycles. The summed E-state index contributed by atoms with van der Waals surface area (Å²) in [5.41, 5.74) is 0. The third kappa shape index (κ3) is 2.84. The molecule has 0 unspecified atom stereocenters. The van der Waals surface area contributed by atoms with E-state index in [0.29, 0.717) is 18.4 Å². The van der Waals surface area contributed by atoms with Crippen LogP contribution in [0.15, 0.2) is 12.2 Å². The minimum absolute atomic E-state index is 0.294. The molecule has 1 aliphatic carbocycles. The van der Waals surface area contributed by atoms with Gasteiger partial charge in [-0.05, 0) is 19.3 Å². The zero-order valence-electron chi connectivity index (χ0n) is 8.54. The summed E-state index contributed by atoms with van der Waals surface area (Å²) in [6.45, 7) is 2.56. The van der Waals surface area contributed by atoms with Gasteiger partial charge in [-0.3, -0.25) is 4.79 Å². The van der Waals surface area contributed by atoms with Gasteiger partial charge in [0.15, 0.2) is 0 Å². The fourth-order valence-electron chi connectivity index (χ4n) is 1.70. The van der Waals surface area contributed by atoms with Gasteiger partial charge in [0.2, 0.25) is 5.91 Å². The summed E-state index contributed by atoms with van der Waals surface area (Å²) < 4.78 is 0. The highest BCUT2D eigenvalue weighted by molar-refractivity contribution is 5.76. The zero-order chi connectivity index (χ0) is 9.80. The molecular formula is C11H18N2O. The number of carbonyl (C=O) groups excluding carboxylic acids is 1. The fraction of sp³-hybridized carbons (Fsp3) is 0.727. The highest BCUT2D eigenvalue weighted by Crippen LogP contribution is 2.18. The van der Waals surface area contributed by atoms with E-state index in [2.05, 4.69) is 17.5 Å². The topological polar surface area (TPSA) is 32.3 Å². The van der Waals surface area contributed by atoms with Gasteiger partial charge < -0.3 is 10.2 Å². The Labute approximate surface area is 85.2 Å². The first-order chi connectivity index (χ1) is 6.86. The molecule has 0 atom stereocenters. The molecule has 1 amide bonds. The predicted octanol–water partition coefficient (Wildman–Crippen LogP) is 0.917. The van der Waals surface area contributed by atoms with Crippen LogP contribution in [-0.2, 0) is 4.79 Å². The Morgan fingerprint density at radius 1 is 1.43 bits per heavy atom. The summed E-state index contributed by atoms with van der Waals surface area (Å²) in [7, 11) is 0. The maximum absolute atomic E-state index is 11.7. The van der Waals surface area contributed by atoms with Crippen LogP contribution in [0.1, 0.15) is 25.7 Å². The summed E-state index contributed by atoms with van der Waals surface area (Å²) in [5.74, 6) is 0.294. The smallest absolute Gasteiger partial charge is 0.224 e. The van der Waals surface area contributed by atoms with Crippen molar-refractivity contribution >= 4 is 5.91 Å². The van der Waals surface area contributed by atoms with Gasteiger partial charge in [-0.2, -0.15) is 0 Å². The number of hydrogen-bond acceptors (Lipinski definition) is 2. The lowest BCUT2D eigenvalue weighted by Crippen LogP contribution is -2.35. The number of nitrogens with one attached hydrogen (secondary N) is 1. The monoisotopic (exact) mass is 194 g/mol. The van der Waals surface area contributed by atoms with E-state index < -0.39 is 0 Å². The van der Waals surface area contributed by atoms with Gasteiger partial charge in [0.1, 0.15) is 0 Å². The van der Waals surface area contributed by atoms with Crippen molar-refractivity contribution in [1.29, 1.82) is 0 Å². The number of amides is 1. The molecule has 0 aromatic carbocycles. The molecule has 2 rings (SSSR count). The second-order valence-corrected chi connectivity index (χ2v) is 4.08. The quantitative estimate of drug-likeness (QED) is 0.675. The first-order valence-corrected chi connectivity index (χ1v) is 5.52. The molecule has 1 N–H and O–H groups in total. The van der Waals surface area contributed by atoms with Crippen LogP contribution in [0, 0.1) is 0 Å². The lowest BCUT2D eigenvalue weighted by atomic mass is 10.2. The van der Waals surface area contributed by atoms with Crippen LogP contribution in [0.5, 0.6) is 0 Å². The van der Waals surface area contributed by atoms with Gasteiger partial charge in [-0.1, -0.05) is 12.2 Å². The highest BCUT2D eigenvalue weighted by Gasteiger charge is 2.21. The minimum Gasteiger partial charge on any atom is -0.339 e. The number of carbonyl (C=O) groups is 1. The molecule has 78 valence electrons. The van der Waals surface area contributed by atoms with E-state index in [-0.39, 0.29) is 0 Å². The standard InChI is InChI=1S/C11H18N2O/c14-11(6-7-12-10-4-5-10)13-8-2-1-3-9-13/h1-2,10,12H,3-9H2. The molecule has 1 aliphatic heterocycles. The van der Waals surface area contributed by atoms with Gasteiger partial charge >= 0.3 is 0 Å². The van der Waals surface area contributed by atoms with Crippen LogP contribution in [0.4, 0.5) is 0 Å². The Morgan fingerprint density at radius 2 is 2.29 bits per heavy atom. The fourth-order valence-corrected chi connectivity index (χ4v) is 1.70. The first-order valence-electron chi connectivity index (χ1n) is 5.52. The Morgan fingerprint density at radius 3 is 2.93 bits per heavy atom. The molecule has 0 aromatic heterocycles. The van der Waals surface area contributed by atoms with Crippen LogP contribution in [0.2, 0.25) is 0 Å². The van der Waals surface area contributed by atoms with Gasteiger partial charge in [-0.25, -0.2) is 0 Å². The van der Waals surface area contributed by atoms with Gasteiger partial charge in [0.25, 0.3) is 0 Å². The third-order valence-corrected chi connectivity index (χ3v) is 2.76. The minimum atomic E-state index is 0.294. The van der Waals surface area contributed by atoms with E-state index in [4.69, 9.17) is 0 Å². The van der Waals surface area contributed by atoms with Gasteiger partial charge in [0, 0.05) is 32.1 Å². The van der Waals surface area contributed by atoms with Crippen LogP contribution in [-0.4, -0.2) is 36.5 Å². The highest BCUT2D eigenvalue weighted by atomic mass is 16.2. The van der Waals surface area contributed by atoms with Crippen LogP contribution in [0.3, 0.4) is 0 Å². The lowest BCUT2D eigenvalue weighted by molar-refractivity contribution is -0.130. The molecule has 14 heavy (non-hydrogen) atoms. The molecule has 1 heterocycles. The lowest BCUT2D eigenvalue weighted by Gasteiger charge is -2.23. The maximum atomic E-state index is 11.7. The van der Waals surface area contributed by atoms with Gasteiger partial charge in [-0.15, -0.1) is 0 Å². The van der Waals surface area contributed by atoms with Gasteiger partial charge in [0.05, 0.1) is 0 Å². The number of rotatable bonds is 4. The SMILES string of the molecule is O=C(CCNC1CC1)N1CC=CCC1. The van der Waals surface area contributed by atoms with Crippen molar-refractivity contribution in [3.05, 3.63) is 12.2 Å². The Bertz CT molecular complexity index is 233. The molecule has 3 heteroatoms. The molecule has 0 radical (unpaired) electrons. The third-order valence-electron chi connectivity index (χ3n) is 2.76. The van der Waals surface area contributed by atoms with E-state index in [9.17, 15) is 4.79 Å². The second-order valence-electron chi connectivity index (χ2n) is 4.08. The molecule has 0 bridgehead atoms. The zero-order valence-corrected chi connectivity index (χ0v) is 8.54. The van der Waals surface area contributed by atoms with Crippen molar-refractivity contribution in [2.75, 3.05) is 19.6 Å². The predicted molar refractivity (Wildman–Crippen MR) is 56.0 cm³/mol.